The molecule has 0 aliphatic heterocycles. The molecule has 2 aromatic heterocycles. The van der Waals surface area contributed by atoms with Crippen molar-refractivity contribution in [2.24, 2.45) is 0 Å². The summed E-state index contributed by atoms with van der Waals surface area (Å²) < 4.78 is 15.3. The highest BCUT2D eigenvalue weighted by Crippen LogP contribution is 2.29. The van der Waals surface area contributed by atoms with Crippen LogP contribution < -0.4 is 10.9 Å². The zero-order chi connectivity index (χ0) is 16.5. The molecule has 0 unspecified atom stereocenters. The van der Waals surface area contributed by atoms with Gasteiger partial charge in [-0.25, -0.2) is 19.0 Å². The van der Waals surface area contributed by atoms with Crippen LogP contribution in [0.1, 0.15) is 49.4 Å². The molecule has 1 fully saturated rings. The van der Waals surface area contributed by atoms with Gasteiger partial charge >= 0.3 is 0 Å². The van der Waals surface area contributed by atoms with Crippen molar-refractivity contribution < 1.29 is 4.39 Å². The Bertz CT molecular complexity index is 798. The summed E-state index contributed by atoms with van der Waals surface area (Å²) in [6.07, 6.45) is 8.97. The van der Waals surface area contributed by atoms with Crippen molar-refractivity contribution in [1.29, 1.82) is 0 Å². The first-order valence-corrected chi connectivity index (χ1v) is 8.54. The van der Waals surface area contributed by atoms with Crippen LogP contribution in [0.4, 0.5) is 10.2 Å². The van der Waals surface area contributed by atoms with E-state index >= 15 is 0 Å². The summed E-state index contributed by atoms with van der Waals surface area (Å²) in [5.74, 6) is -0.183. The van der Waals surface area contributed by atoms with Crippen LogP contribution in [0.5, 0.6) is 0 Å². The number of nitrogens with one attached hydrogen (secondary N) is 1. The standard InChI is InChI=1S/C17H20FN5O/c18-14-9-19-10-20-17(14)21-12-4-6-13(7-5-12)23-16(24)8-11-2-1-3-15(11)22-23/h8-10,12-13H,1-7H2,(H,19,20,21). The van der Waals surface area contributed by atoms with E-state index in [1.807, 2.05) is 0 Å². The van der Waals surface area contributed by atoms with Gasteiger partial charge < -0.3 is 5.32 Å². The maximum Gasteiger partial charge on any atom is 0.267 e. The van der Waals surface area contributed by atoms with Gasteiger partial charge in [0.2, 0.25) is 0 Å². The van der Waals surface area contributed by atoms with E-state index in [2.05, 4.69) is 20.4 Å². The zero-order valence-corrected chi connectivity index (χ0v) is 13.4. The molecule has 1 saturated carbocycles. The second kappa shape index (κ2) is 6.30. The molecule has 2 heterocycles. The molecular formula is C17H20FN5O. The fourth-order valence-electron chi connectivity index (χ4n) is 3.75. The van der Waals surface area contributed by atoms with Crippen LogP contribution in [0.3, 0.4) is 0 Å². The summed E-state index contributed by atoms with van der Waals surface area (Å²) in [5.41, 5.74) is 2.21. The molecule has 0 bridgehead atoms. The van der Waals surface area contributed by atoms with Crippen LogP contribution in [0.2, 0.25) is 0 Å². The fraction of sp³-hybridized carbons (Fsp3) is 0.529. The maximum atomic E-state index is 13.6. The third-order valence-corrected chi connectivity index (χ3v) is 5.03. The predicted molar refractivity (Wildman–Crippen MR) is 87.4 cm³/mol. The predicted octanol–water partition coefficient (Wildman–Crippen LogP) is 2.26. The van der Waals surface area contributed by atoms with Gasteiger partial charge in [-0.05, 0) is 50.5 Å². The number of anilines is 1. The van der Waals surface area contributed by atoms with Gasteiger partial charge in [0.25, 0.3) is 5.56 Å². The van der Waals surface area contributed by atoms with E-state index in [0.717, 1.165) is 62.4 Å². The smallest absolute Gasteiger partial charge is 0.267 e. The highest BCUT2D eigenvalue weighted by Gasteiger charge is 2.26. The molecule has 0 saturated heterocycles. The lowest BCUT2D eigenvalue weighted by molar-refractivity contribution is 0.301. The van der Waals surface area contributed by atoms with Gasteiger partial charge in [0, 0.05) is 12.1 Å². The van der Waals surface area contributed by atoms with Crippen molar-refractivity contribution in [2.45, 2.75) is 57.0 Å². The first-order chi connectivity index (χ1) is 11.7. The van der Waals surface area contributed by atoms with E-state index < -0.39 is 5.82 Å². The molecule has 6 nitrogen and oxygen atoms in total. The lowest BCUT2D eigenvalue weighted by Crippen LogP contribution is -2.34. The molecule has 2 aliphatic rings. The van der Waals surface area contributed by atoms with Crippen molar-refractivity contribution in [1.82, 2.24) is 19.7 Å². The van der Waals surface area contributed by atoms with E-state index in [-0.39, 0.29) is 23.5 Å². The van der Waals surface area contributed by atoms with Gasteiger partial charge in [-0.2, -0.15) is 5.10 Å². The lowest BCUT2D eigenvalue weighted by atomic mass is 9.91. The summed E-state index contributed by atoms with van der Waals surface area (Å²) in [5, 5.41) is 7.75. The molecule has 7 heteroatoms. The van der Waals surface area contributed by atoms with E-state index in [9.17, 15) is 9.18 Å². The molecule has 0 radical (unpaired) electrons. The molecular weight excluding hydrogens is 309 g/mol. The van der Waals surface area contributed by atoms with Gasteiger partial charge in [-0.15, -0.1) is 0 Å². The molecule has 4 rings (SSSR count). The van der Waals surface area contributed by atoms with Crippen LogP contribution in [0, 0.1) is 5.82 Å². The van der Waals surface area contributed by atoms with Crippen LogP contribution in [-0.2, 0) is 12.8 Å². The van der Waals surface area contributed by atoms with Gasteiger partial charge in [-0.3, -0.25) is 4.79 Å². The minimum atomic E-state index is -0.434. The monoisotopic (exact) mass is 329 g/mol. The molecule has 0 atom stereocenters. The number of halogens is 1. The van der Waals surface area contributed by atoms with E-state index in [1.165, 1.54) is 6.33 Å². The molecule has 24 heavy (non-hydrogen) atoms. The molecule has 2 aliphatic carbocycles. The Morgan fingerprint density at radius 3 is 2.83 bits per heavy atom. The molecule has 126 valence electrons. The third-order valence-electron chi connectivity index (χ3n) is 5.03. The average molecular weight is 329 g/mol. The van der Waals surface area contributed by atoms with Crippen LogP contribution >= 0.6 is 0 Å². The Hall–Kier alpha value is -2.31. The van der Waals surface area contributed by atoms with Crippen molar-refractivity contribution >= 4 is 5.82 Å². The van der Waals surface area contributed by atoms with Gasteiger partial charge in [0.1, 0.15) is 6.33 Å². The first kappa shape index (κ1) is 15.2. The fourth-order valence-corrected chi connectivity index (χ4v) is 3.75. The SMILES string of the molecule is O=c1cc2c(nn1C1CCC(Nc3ncncc3F)CC1)CCC2. The van der Waals surface area contributed by atoms with E-state index in [0.29, 0.717) is 0 Å². The van der Waals surface area contributed by atoms with Crippen molar-refractivity contribution in [3.05, 3.63) is 46.0 Å². The Labute approximate surface area is 139 Å². The highest BCUT2D eigenvalue weighted by molar-refractivity contribution is 5.35. The van der Waals surface area contributed by atoms with Crippen molar-refractivity contribution in [2.75, 3.05) is 5.32 Å². The van der Waals surface area contributed by atoms with Crippen molar-refractivity contribution in [3.8, 4) is 0 Å². The summed E-state index contributed by atoms with van der Waals surface area (Å²) in [6.45, 7) is 0. The average Bonchev–Trinajstić information content (AvgIpc) is 3.04. The summed E-state index contributed by atoms with van der Waals surface area (Å²) in [4.78, 5) is 19.9. The number of fused-ring (bicyclic) bond motifs is 1. The van der Waals surface area contributed by atoms with Crippen LogP contribution in [-0.4, -0.2) is 25.8 Å². The topological polar surface area (TPSA) is 72.7 Å². The molecule has 1 N–H and O–H groups in total. The third kappa shape index (κ3) is 2.90. The summed E-state index contributed by atoms with van der Waals surface area (Å²) >= 11 is 0. The molecule has 0 aromatic carbocycles. The quantitative estimate of drug-likeness (QED) is 0.935. The van der Waals surface area contributed by atoms with Gasteiger partial charge in [-0.1, -0.05) is 0 Å². The highest BCUT2D eigenvalue weighted by atomic mass is 19.1. The van der Waals surface area contributed by atoms with Gasteiger partial charge in [0.05, 0.1) is 17.9 Å². The minimum absolute atomic E-state index is 0.00824. The van der Waals surface area contributed by atoms with E-state index in [1.54, 1.807) is 10.7 Å². The Morgan fingerprint density at radius 1 is 1.21 bits per heavy atom. The maximum absolute atomic E-state index is 13.6. The summed E-state index contributed by atoms with van der Waals surface area (Å²) in [6, 6.07) is 2.06. The molecule has 2 aromatic rings. The second-order valence-electron chi connectivity index (χ2n) is 6.62. The molecule has 0 amide bonds. The Morgan fingerprint density at radius 2 is 2.04 bits per heavy atom. The lowest BCUT2D eigenvalue weighted by Gasteiger charge is -2.30. The number of hydrogen-bond donors (Lipinski definition) is 1. The zero-order valence-electron chi connectivity index (χ0n) is 13.4. The Kier molecular flexibility index (Phi) is 4.00. The van der Waals surface area contributed by atoms with Gasteiger partial charge in [0.15, 0.2) is 11.6 Å². The minimum Gasteiger partial charge on any atom is -0.365 e. The number of hydrogen-bond acceptors (Lipinski definition) is 5. The van der Waals surface area contributed by atoms with E-state index in [4.69, 9.17) is 0 Å². The number of nitrogens with zero attached hydrogens (tertiary/aromatic N) is 4. The number of rotatable bonds is 3. The Balaban J connectivity index is 1.43. The second-order valence-corrected chi connectivity index (χ2v) is 6.62. The largest absolute Gasteiger partial charge is 0.365 e. The van der Waals surface area contributed by atoms with Crippen molar-refractivity contribution in [3.63, 3.8) is 0 Å². The summed E-state index contributed by atoms with van der Waals surface area (Å²) in [7, 11) is 0. The number of aromatic nitrogens is 4. The molecule has 0 spiro atoms. The number of aryl methyl sites for hydroxylation is 2. The normalized spacial score (nSPS) is 23.0. The first-order valence-electron chi connectivity index (χ1n) is 8.54. The van der Waals surface area contributed by atoms with Crippen LogP contribution in [0.15, 0.2) is 23.4 Å². The van der Waals surface area contributed by atoms with Crippen LogP contribution in [0.25, 0.3) is 0 Å².